The normalized spacial score (nSPS) is 20.6. The Labute approximate surface area is 126 Å². The third-order valence-corrected chi connectivity index (χ3v) is 3.69. The topological polar surface area (TPSA) is 34.0 Å². The lowest BCUT2D eigenvalue weighted by Crippen LogP contribution is -2.20. The number of hydrogen-bond acceptors (Lipinski definition) is 3. The van der Waals surface area contributed by atoms with E-state index in [1.165, 1.54) is 0 Å². The zero-order valence-electron chi connectivity index (χ0n) is 13.3. The van der Waals surface area contributed by atoms with Crippen LogP contribution in [0, 0.1) is 12.8 Å². The highest BCUT2D eigenvalue weighted by atomic mass is 16.5. The van der Waals surface area contributed by atoms with Crippen molar-refractivity contribution < 1.29 is 4.74 Å². The number of nitrogens with zero attached hydrogens (tertiary/aromatic N) is 2. The summed E-state index contributed by atoms with van der Waals surface area (Å²) >= 11 is 0. The van der Waals surface area contributed by atoms with Crippen LogP contribution in [0.3, 0.4) is 0 Å². The van der Waals surface area contributed by atoms with Crippen LogP contribution in [0.1, 0.15) is 31.9 Å². The van der Waals surface area contributed by atoms with Crippen LogP contribution in [0.2, 0.25) is 0 Å². The Bertz CT molecular complexity index is 651. The molecular weight excluding hydrogens is 260 g/mol. The van der Waals surface area contributed by atoms with E-state index in [0.717, 1.165) is 33.9 Å². The van der Waals surface area contributed by atoms with Gasteiger partial charge in [0.05, 0.1) is 18.5 Å². The molecule has 0 aliphatic carbocycles. The number of aliphatic imine (C=N–C) groups is 2. The average molecular weight is 282 g/mol. The Balaban J connectivity index is 2.27. The van der Waals surface area contributed by atoms with Crippen LogP contribution in [-0.4, -0.2) is 18.5 Å². The van der Waals surface area contributed by atoms with Crippen molar-refractivity contribution in [1.29, 1.82) is 0 Å². The summed E-state index contributed by atoms with van der Waals surface area (Å²) in [7, 11) is 1.69. The zero-order chi connectivity index (χ0) is 15.4. The summed E-state index contributed by atoms with van der Waals surface area (Å²) in [6.07, 6.45) is 5.83. The molecular formula is C18H22N2O. The van der Waals surface area contributed by atoms with Crippen LogP contribution in [0.25, 0.3) is 5.57 Å². The fourth-order valence-corrected chi connectivity index (χ4v) is 2.35. The van der Waals surface area contributed by atoms with Gasteiger partial charge in [-0.1, -0.05) is 19.1 Å². The third kappa shape index (κ3) is 3.48. The van der Waals surface area contributed by atoms with Crippen LogP contribution in [0.15, 0.2) is 46.7 Å². The number of benzene rings is 1. The van der Waals surface area contributed by atoms with Gasteiger partial charge in [0.15, 0.2) is 0 Å². The quantitative estimate of drug-likeness (QED) is 0.807. The molecule has 1 aliphatic heterocycles. The van der Waals surface area contributed by atoms with Crippen molar-refractivity contribution in [3.8, 4) is 5.75 Å². The maximum absolute atomic E-state index is 5.29. The lowest BCUT2D eigenvalue weighted by molar-refractivity contribution is 0.411. The molecule has 1 heterocycles. The second-order valence-electron chi connectivity index (χ2n) is 5.36. The number of ether oxygens (including phenoxy) is 1. The number of methoxy groups -OCH3 is 1. The Morgan fingerprint density at radius 3 is 2.71 bits per heavy atom. The standard InChI is InChI=1S/C18H22N2O/c1-12-8-9-19-15(4)18(12)20-11-14(3)16-6-7-17(21-5)13(2)10-16/h6-12H,1-5H3/b14-11+,20-18?. The monoisotopic (exact) mass is 282 g/mol. The van der Waals surface area contributed by atoms with Gasteiger partial charge in [-0.15, -0.1) is 0 Å². The minimum Gasteiger partial charge on any atom is -0.496 e. The molecule has 1 aromatic carbocycles. The lowest BCUT2D eigenvalue weighted by atomic mass is 10.00. The Morgan fingerprint density at radius 2 is 2.10 bits per heavy atom. The minimum absolute atomic E-state index is 0.309. The van der Waals surface area contributed by atoms with E-state index >= 15 is 0 Å². The smallest absolute Gasteiger partial charge is 0.121 e. The van der Waals surface area contributed by atoms with Gasteiger partial charge < -0.3 is 4.74 Å². The molecule has 1 aromatic rings. The fourth-order valence-electron chi connectivity index (χ4n) is 2.35. The summed E-state index contributed by atoms with van der Waals surface area (Å²) in [6.45, 7) is 8.25. The molecule has 110 valence electrons. The predicted molar refractivity (Wildman–Crippen MR) is 90.2 cm³/mol. The van der Waals surface area contributed by atoms with Crippen molar-refractivity contribution in [2.45, 2.75) is 27.7 Å². The summed E-state index contributed by atoms with van der Waals surface area (Å²) < 4.78 is 5.29. The molecule has 0 N–H and O–H groups in total. The van der Waals surface area contributed by atoms with Crippen LogP contribution >= 0.6 is 0 Å². The van der Waals surface area contributed by atoms with Gasteiger partial charge in [-0.3, -0.25) is 9.98 Å². The molecule has 0 radical (unpaired) electrons. The molecule has 1 atom stereocenters. The van der Waals surface area contributed by atoms with Gasteiger partial charge in [-0.25, -0.2) is 0 Å². The second-order valence-corrected chi connectivity index (χ2v) is 5.36. The molecule has 1 unspecified atom stereocenters. The molecule has 0 aromatic heterocycles. The largest absolute Gasteiger partial charge is 0.496 e. The summed E-state index contributed by atoms with van der Waals surface area (Å²) in [5.41, 5.74) is 5.43. The van der Waals surface area contributed by atoms with E-state index in [1.807, 2.05) is 32.3 Å². The van der Waals surface area contributed by atoms with Gasteiger partial charge in [-0.05, 0) is 49.6 Å². The Hall–Kier alpha value is -2.16. The average Bonchev–Trinajstić information content (AvgIpc) is 2.46. The highest BCUT2D eigenvalue weighted by Crippen LogP contribution is 2.23. The lowest BCUT2D eigenvalue weighted by Gasteiger charge is -2.13. The van der Waals surface area contributed by atoms with Crippen molar-refractivity contribution in [3.05, 3.63) is 47.8 Å². The molecule has 0 fully saturated rings. The number of aryl methyl sites for hydroxylation is 1. The van der Waals surface area contributed by atoms with E-state index in [1.54, 1.807) is 7.11 Å². The first kappa shape index (κ1) is 15.2. The van der Waals surface area contributed by atoms with Gasteiger partial charge in [0.2, 0.25) is 0 Å². The molecule has 0 saturated carbocycles. The second kappa shape index (κ2) is 6.53. The SMILES string of the molecule is COc1ccc(/C(C)=C/N=C2C(C)=NC=CC2C)cc1C. The number of allylic oxidation sites excluding steroid dienone is 2. The molecule has 0 saturated heterocycles. The maximum atomic E-state index is 5.29. The van der Waals surface area contributed by atoms with E-state index in [4.69, 9.17) is 4.74 Å². The van der Waals surface area contributed by atoms with Gasteiger partial charge in [0.1, 0.15) is 5.75 Å². The van der Waals surface area contributed by atoms with Crippen LogP contribution in [0.5, 0.6) is 5.75 Å². The molecule has 0 spiro atoms. The van der Waals surface area contributed by atoms with Crippen molar-refractivity contribution in [2.24, 2.45) is 15.9 Å². The number of rotatable bonds is 3. The van der Waals surface area contributed by atoms with E-state index in [9.17, 15) is 0 Å². The van der Waals surface area contributed by atoms with Crippen molar-refractivity contribution in [3.63, 3.8) is 0 Å². The summed E-state index contributed by atoms with van der Waals surface area (Å²) in [6, 6.07) is 6.17. The third-order valence-electron chi connectivity index (χ3n) is 3.69. The molecule has 1 aliphatic rings. The Morgan fingerprint density at radius 1 is 1.33 bits per heavy atom. The van der Waals surface area contributed by atoms with Crippen LogP contribution < -0.4 is 4.74 Å². The van der Waals surface area contributed by atoms with E-state index in [0.29, 0.717) is 5.92 Å². The number of hydrogen-bond donors (Lipinski definition) is 0. The van der Waals surface area contributed by atoms with Crippen molar-refractivity contribution >= 4 is 17.0 Å². The first-order valence-corrected chi connectivity index (χ1v) is 7.14. The highest BCUT2D eigenvalue weighted by Gasteiger charge is 2.13. The van der Waals surface area contributed by atoms with E-state index in [-0.39, 0.29) is 0 Å². The van der Waals surface area contributed by atoms with E-state index < -0.39 is 0 Å². The Kier molecular flexibility index (Phi) is 4.73. The molecule has 21 heavy (non-hydrogen) atoms. The van der Waals surface area contributed by atoms with E-state index in [2.05, 4.69) is 42.0 Å². The minimum atomic E-state index is 0.309. The van der Waals surface area contributed by atoms with Gasteiger partial charge in [0, 0.05) is 18.3 Å². The summed E-state index contributed by atoms with van der Waals surface area (Å²) in [5, 5.41) is 0. The van der Waals surface area contributed by atoms with Gasteiger partial charge in [-0.2, -0.15) is 0 Å². The van der Waals surface area contributed by atoms with Gasteiger partial charge >= 0.3 is 0 Å². The first-order valence-electron chi connectivity index (χ1n) is 7.14. The van der Waals surface area contributed by atoms with Gasteiger partial charge in [0.25, 0.3) is 0 Å². The highest BCUT2D eigenvalue weighted by molar-refractivity contribution is 6.43. The maximum Gasteiger partial charge on any atom is 0.121 e. The molecule has 3 heteroatoms. The van der Waals surface area contributed by atoms with Crippen LogP contribution in [0.4, 0.5) is 0 Å². The molecule has 3 nitrogen and oxygen atoms in total. The fraction of sp³-hybridized carbons (Fsp3) is 0.333. The molecule has 0 amide bonds. The molecule has 0 bridgehead atoms. The molecule has 2 rings (SSSR count). The summed E-state index contributed by atoms with van der Waals surface area (Å²) in [4.78, 5) is 8.94. The summed E-state index contributed by atoms with van der Waals surface area (Å²) in [5.74, 6) is 1.22. The predicted octanol–water partition coefficient (Wildman–Crippen LogP) is 4.43. The van der Waals surface area contributed by atoms with Crippen LogP contribution in [-0.2, 0) is 0 Å². The van der Waals surface area contributed by atoms with Crippen molar-refractivity contribution in [2.75, 3.05) is 7.11 Å². The zero-order valence-corrected chi connectivity index (χ0v) is 13.3. The van der Waals surface area contributed by atoms with Crippen molar-refractivity contribution in [1.82, 2.24) is 0 Å². The first-order chi connectivity index (χ1) is 10.0.